The summed E-state index contributed by atoms with van der Waals surface area (Å²) in [6.07, 6.45) is 1.56. The summed E-state index contributed by atoms with van der Waals surface area (Å²) in [7, 11) is 1.58. The molecule has 3 rings (SSSR count). The highest BCUT2D eigenvalue weighted by Crippen LogP contribution is 2.34. The Hall–Kier alpha value is -3.40. The lowest BCUT2D eigenvalue weighted by atomic mass is 10.2. The number of rotatable bonds is 11. The standard InChI is InChI=1S/C23H27N3O6S/c1-4-9-31-18-7-6-17(12-19(18)32-10-5-2)26-22(29)21(28)25(23(26)30)14-20(27)24(3)13-16-8-11-33-15-16/h6-8,11-12,15H,4-5,9-10,13-14H2,1-3H3. The van der Waals surface area contributed by atoms with E-state index in [0.29, 0.717) is 36.2 Å². The molecule has 2 aromatic rings. The average molecular weight is 474 g/mol. The van der Waals surface area contributed by atoms with E-state index in [0.717, 1.165) is 23.3 Å². The highest BCUT2D eigenvalue weighted by Gasteiger charge is 2.46. The van der Waals surface area contributed by atoms with Crippen molar-refractivity contribution in [3.63, 3.8) is 0 Å². The quantitative estimate of drug-likeness (QED) is 0.367. The molecule has 0 unspecified atom stereocenters. The van der Waals surface area contributed by atoms with Crippen molar-refractivity contribution in [2.75, 3.05) is 31.7 Å². The fourth-order valence-corrected chi connectivity index (χ4v) is 3.83. The van der Waals surface area contributed by atoms with Gasteiger partial charge in [0.1, 0.15) is 6.54 Å². The van der Waals surface area contributed by atoms with Crippen LogP contribution in [0, 0.1) is 0 Å². The highest BCUT2D eigenvalue weighted by molar-refractivity contribution is 7.07. The third-order valence-electron chi connectivity index (χ3n) is 4.88. The number of benzene rings is 1. The number of hydrogen-bond donors (Lipinski definition) is 0. The molecule has 0 atom stereocenters. The molecule has 33 heavy (non-hydrogen) atoms. The average Bonchev–Trinajstić information content (AvgIpc) is 3.39. The molecule has 0 radical (unpaired) electrons. The van der Waals surface area contributed by atoms with Crippen molar-refractivity contribution < 1.29 is 28.7 Å². The first kappa shape index (κ1) is 24.2. The van der Waals surface area contributed by atoms with Gasteiger partial charge in [0.25, 0.3) is 0 Å². The van der Waals surface area contributed by atoms with Crippen molar-refractivity contribution in [3.05, 3.63) is 40.6 Å². The first-order valence-electron chi connectivity index (χ1n) is 10.7. The van der Waals surface area contributed by atoms with Gasteiger partial charge >= 0.3 is 17.8 Å². The van der Waals surface area contributed by atoms with Gasteiger partial charge in [0, 0.05) is 19.7 Å². The number of nitrogens with zero attached hydrogens (tertiary/aromatic N) is 3. The topological polar surface area (TPSA) is 96.5 Å². The predicted octanol–water partition coefficient (Wildman–Crippen LogP) is 3.28. The zero-order chi connectivity index (χ0) is 24.0. The number of carbonyl (C=O) groups is 4. The third kappa shape index (κ3) is 5.51. The largest absolute Gasteiger partial charge is 0.490 e. The molecule has 0 aliphatic carbocycles. The minimum atomic E-state index is -1.04. The van der Waals surface area contributed by atoms with Crippen LogP contribution in [0.25, 0.3) is 0 Å². The Labute approximate surface area is 196 Å². The Morgan fingerprint density at radius 2 is 1.70 bits per heavy atom. The Bertz CT molecular complexity index is 1020. The predicted molar refractivity (Wildman–Crippen MR) is 123 cm³/mol. The summed E-state index contributed by atoms with van der Waals surface area (Å²) in [6.45, 7) is 4.65. The molecule has 5 amide bonds. The van der Waals surface area contributed by atoms with Crippen LogP contribution in [0.15, 0.2) is 35.0 Å². The maximum absolute atomic E-state index is 13.0. The van der Waals surface area contributed by atoms with Crippen LogP contribution in [0.5, 0.6) is 11.5 Å². The van der Waals surface area contributed by atoms with Gasteiger partial charge in [-0.1, -0.05) is 13.8 Å². The van der Waals surface area contributed by atoms with Gasteiger partial charge in [-0.15, -0.1) is 0 Å². The summed E-state index contributed by atoms with van der Waals surface area (Å²) in [5, 5.41) is 3.81. The summed E-state index contributed by atoms with van der Waals surface area (Å²) in [5.41, 5.74) is 1.12. The van der Waals surface area contributed by atoms with Crippen molar-refractivity contribution in [3.8, 4) is 11.5 Å². The van der Waals surface area contributed by atoms with Gasteiger partial charge in [0.05, 0.1) is 18.9 Å². The summed E-state index contributed by atoms with van der Waals surface area (Å²) in [4.78, 5) is 53.6. The monoisotopic (exact) mass is 473 g/mol. The van der Waals surface area contributed by atoms with E-state index in [4.69, 9.17) is 9.47 Å². The van der Waals surface area contributed by atoms with E-state index in [2.05, 4.69) is 0 Å². The van der Waals surface area contributed by atoms with Crippen LogP contribution < -0.4 is 14.4 Å². The molecular weight excluding hydrogens is 446 g/mol. The number of hydrogen-bond acceptors (Lipinski definition) is 7. The Morgan fingerprint density at radius 1 is 1.00 bits per heavy atom. The molecular formula is C23H27N3O6S. The summed E-state index contributed by atoms with van der Waals surface area (Å²) < 4.78 is 11.4. The van der Waals surface area contributed by atoms with Crippen LogP contribution in [0.4, 0.5) is 10.5 Å². The highest BCUT2D eigenvalue weighted by atomic mass is 32.1. The van der Waals surface area contributed by atoms with Gasteiger partial charge in [-0.3, -0.25) is 14.4 Å². The summed E-state index contributed by atoms with van der Waals surface area (Å²) in [5.74, 6) is -1.65. The van der Waals surface area contributed by atoms with Crippen LogP contribution in [0.2, 0.25) is 0 Å². The molecule has 0 bridgehead atoms. The van der Waals surface area contributed by atoms with Gasteiger partial charge in [0.2, 0.25) is 5.91 Å². The molecule has 0 N–H and O–H groups in total. The number of imide groups is 2. The lowest BCUT2D eigenvalue weighted by Crippen LogP contribution is -2.42. The second-order valence-corrected chi connectivity index (χ2v) is 8.30. The van der Waals surface area contributed by atoms with Gasteiger partial charge in [-0.2, -0.15) is 11.3 Å². The number of likely N-dealkylation sites (N-methyl/N-ethyl adjacent to an activating group) is 1. The molecule has 1 fully saturated rings. The van der Waals surface area contributed by atoms with Gasteiger partial charge in [0.15, 0.2) is 11.5 Å². The Morgan fingerprint density at radius 3 is 2.33 bits per heavy atom. The smallest absolute Gasteiger partial charge is 0.339 e. The zero-order valence-corrected chi connectivity index (χ0v) is 19.7. The number of thiophene rings is 1. The van der Waals surface area contributed by atoms with E-state index in [-0.39, 0.29) is 5.69 Å². The van der Waals surface area contributed by atoms with Gasteiger partial charge in [-0.25, -0.2) is 14.6 Å². The van der Waals surface area contributed by atoms with Crippen LogP contribution in [-0.2, 0) is 20.9 Å². The van der Waals surface area contributed by atoms with Crippen molar-refractivity contribution in [2.45, 2.75) is 33.2 Å². The molecule has 2 heterocycles. The second-order valence-electron chi connectivity index (χ2n) is 7.52. The normalized spacial score (nSPS) is 13.6. The second kappa shape index (κ2) is 11.0. The van der Waals surface area contributed by atoms with E-state index in [1.165, 1.54) is 28.4 Å². The number of urea groups is 1. The number of carbonyl (C=O) groups excluding carboxylic acids is 4. The molecule has 9 nitrogen and oxygen atoms in total. The van der Waals surface area contributed by atoms with E-state index in [1.807, 2.05) is 30.7 Å². The fourth-order valence-electron chi connectivity index (χ4n) is 3.17. The van der Waals surface area contributed by atoms with Crippen molar-refractivity contribution in [2.24, 2.45) is 0 Å². The molecule has 0 spiro atoms. The maximum Gasteiger partial charge on any atom is 0.339 e. The van der Waals surface area contributed by atoms with Crippen LogP contribution >= 0.6 is 11.3 Å². The molecule has 1 aromatic heterocycles. The molecule has 1 aliphatic rings. The molecule has 10 heteroatoms. The van der Waals surface area contributed by atoms with Crippen LogP contribution in [-0.4, -0.2) is 60.4 Å². The third-order valence-corrected chi connectivity index (χ3v) is 5.61. The first-order valence-corrected chi connectivity index (χ1v) is 11.7. The molecule has 1 aliphatic heterocycles. The molecule has 176 valence electrons. The number of amides is 5. The fraction of sp³-hybridized carbons (Fsp3) is 0.391. The van der Waals surface area contributed by atoms with Crippen molar-refractivity contribution >= 4 is 40.8 Å². The van der Waals surface area contributed by atoms with Crippen LogP contribution in [0.1, 0.15) is 32.3 Å². The lowest BCUT2D eigenvalue weighted by Gasteiger charge is -2.20. The first-order chi connectivity index (χ1) is 15.9. The zero-order valence-electron chi connectivity index (χ0n) is 18.9. The number of ether oxygens (including phenoxy) is 2. The molecule has 1 aromatic carbocycles. The molecule has 0 saturated carbocycles. The van der Waals surface area contributed by atoms with Crippen molar-refractivity contribution in [1.29, 1.82) is 0 Å². The molecule has 1 saturated heterocycles. The van der Waals surface area contributed by atoms with Crippen LogP contribution in [0.3, 0.4) is 0 Å². The SMILES string of the molecule is CCCOc1ccc(N2C(=O)C(=O)N(CC(=O)N(C)Cc3ccsc3)C2=O)cc1OCCC. The van der Waals surface area contributed by atoms with Gasteiger partial charge < -0.3 is 14.4 Å². The minimum absolute atomic E-state index is 0.176. The lowest BCUT2D eigenvalue weighted by molar-refractivity contribution is -0.142. The van der Waals surface area contributed by atoms with Crippen molar-refractivity contribution in [1.82, 2.24) is 9.80 Å². The van der Waals surface area contributed by atoms with Gasteiger partial charge in [-0.05, 0) is 47.4 Å². The van der Waals surface area contributed by atoms with E-state index >= 15 is 0 Å². The Kier molecular flexibility index (Phi) is 8.05. The summed E-state index contributed by atoms with van der Waals surface area (Å²) >= 11 is 1.51. The van der Waals surface area contributed by atoms with E-state index in [1.54, 1.807) is 13.1 Å². The Balaban J connectivity index is 1.77. The summed E-state index contributed by atoms with van der Waals surface area (Å²) in [6, 6.07) is 5.63. The van der Waals surface area contributed by atoms with E-state index < -0.39 is 30.3 Å². The van der Waals surface area contributed by atoms with E-state index in [9.17, 15) is 19.2 Å². The minimum Gasteiger partial charge on any atom is -0.490 e. The number of anilines is 1. The maximum atomic E-state index is 13.0.